The first kappa shape index (κ1) is 13.1. The first-order chi connectivity index (χ1) is 9.04. The summed E-state index contributed by atoms with van der Waals surface area (Å²) in [5.41, 5.74) is 1.04. The summed E-state index contributed by atoms with van der Waals surface area (Å²) in [5.74, 6) is 0.329. The third-order valence-electron chi connectivity index (χ3n) is 4.46. The molecule has 104 valence electrons. The van der Waals surface area contributed by atoms with Crippen LogP contribution in [0, 0.1) is 12.8 Å². The Morgan fingerprint density at radius 1 is 1.26 bits per heavy atom. The van der Waals surface area contributed by atoms with Crippen LogP contribution in [0.15, 0.2) is 29.2 Å². The second kappa shape index (κ2) is 4.58. The minimum Gasteiger partial charge on any atom is -0.395 e. The zero-order valence-electron chi connectivity index (χ0n) is 11.0. The molecule has 2 fully saturated rings. The summed E-state index contributed by atoms with van der Waals surface area (Å²) in [4.78, 5) is 0.337. The molecule has 0 radical (unpaired) electrons. The van der Waals surface area contributed by atoms with Gasteiger partial charge in [-0.15, -0.1) is 0 Å². The summed E-state index contributed by atoms with van der Waals surface area (Å²) in [6.07, 6.45) is 2.86. The van der Waals surface area contributed by atoms with Crippen LogP contribution in [0.3, 0.4) is 0 Å². The molecule has 1 N–H and O–H groups in total. The van der Waals surface area contributed by atoms with Crippen LogP contribution in [-0.2, 0) is 10.0 Å². The largest absolute Gasteiger partial charge is 0.395 e. The van der Waals surface area contributed by atoms with Gasteiger partial charge in [0, 0.05) is 6.04 Å². The lowest BCUT2D eigenvalue weighted by atomic mass is 10.0. The van der Waals surface area contributed by atoms with Gasteiger partial charge in [-0.3, -0.25) is 0 Å². The minimum atomic E-state index is -3.47. The Morgan fingerprint density at radius 3 is 2.58 bits per heavy atom. The molecular formula is C14H19NO3S. The predicted molar refractivity (Wildman–Crippen MR) is 72.2 cm³/mol. The molecule has 0 spiro atoms. The third kappa shape index (κ3) is 2.00. The van der Waals surface area contributed by atoms with E-state index in [-0.39, 0.29) is 18.7 Å². The lowest BCUT2D eigenvalue weighted by Crippen LogP contribution is -2.46. The van der Waals surface area contributed by atoms with Crippen LogP contribution in [0.25, 0.3) is 0 Å². The van der Waals surface area contributed by atoms with E-state index in [0.29, 0.717) is 10.8 Å². The Hall–Kier alpha value is -0.910. The summed E-state index contributed by atoms with van der Waals surface area (Å²) in [7, 11) is -3.47. The van der Waals surface area contributed by atoms with E-state index in [4.69, 9.17) is 0 Å². The van der Waals surface area contributed by atoms with E-state index in [1.807, 2.05) is 19.1 Å². The quantitative estimate of drug-likeness (QED) is 0.914. The van der Waals surface area contributed by atoms with Gasteiger partial charge in [0.2, 0.25) is 10.0 Å². The molecule has 19 heavy (non-hydrogen) atoms. The van der Waals surface area contributed by atoms with Gasteiger partial charge >= 0.3 is 0 Å². The van der Waals surface area contributed by atoms with Gasteiger partial charge in [0.15, 0.2) is 0 Å². The number of hydrogen-bond donors (Lipinski definition) is 1. The maximum Gasteiger partial charge on any atom is 0.243 e. The smallest absolute Gasteiger partial charge is 0.243 e. The highest BCUT2D eigenvalue weighted by Gasteiger charge is 2.50. The van der Waals surface area contributed by atoms with Crippen molar-refractivity contribution < 1.29 is 13.5 Å². The van der Waals surface area contributed by atoms with Crippen molar-refractivity contribution in [2.24, 2.45) is 5.92 Å². The Kier molecular flexibility index (Phi) is 3.15. The highest BCUT2D eigenvalue weighted by Crippen LogP contribution is 2.44. The molecule has 2 bridgehead atoms. The third-order valence-corrected chi connectivity index (χ3v) is 6.45. The molecule has 1 aromatic rings. The second-order valence-electron chi connectivity index (χ2n) is 5.62. The average Bonchev–Trinajstić information content (AvgIpc) is 2.99. The highest BCUT2D eigenvalue weighted by atomic mass is 32.2. The maximum atomic E-state index is 12.7. The van der Waals surface area contributed by atoms with Crippen molar-refractivity contribution in [1.82, 2.24) is 4.31 Å². The van der Waals surface area contributed by atoms with Crippen LogP contribution in [0.1, 0.15) is 24.8 Å². The number of sulfonamides is 1. The molecule has 5 heteroatoms. The van der Waals surface area contributed by atoms with Gasteiger partial charge in [-0.25, -0.2) is 8.42 Å². The van der Waals surface area contributed by atoms with Gasteiger partial charge in [0.1, 0.15) is 0 Å². The SMILES string of the molecule is Cc1ccc(S(=O)(=O)N2C3CCC(C3)C2CO)cc1. The van der Waals surface area contributed by atoms with Crippen LogP contribution in [0.4, 0.5) is 0 Å². The van der Waals surface area contributed by atoms with E-state index in [2.05, 4.69) is 0 Å². The number of nitrogens with zero attached hydrogens (tertiary/aromatic N) is 1. The number of hydrogen-bond acceptors (Lipinski definition) is 3. The molecule has 1 aromatic carbocycles. The van der Waals surface area contributed by atoms with E-state index in [0.717, 1.165) is 24.8 Å². The minimum absolute atomic E-state index is 0.0771. The van der Waals surface area contributed by atoms with E-state index in [9.17, 15) is 13.5 Å². The molecular weight excluding hydrogens is 262 g/mol. The highest BCUT2D eigenvalue weighted by molar-refractivity contribution is 7.89. The maximum absolute atomic E-state index is 12.7. The summed E-state index contributed by atoms with van der Waals surface area (Å²) in [6, 6.07) is 6.79. The van der Waals surface area contributed by atoms with E-state index >= 15 is 0 Å². The van der Waals surface area contributed by atoms with E-state index in [1.165, 1.54) is 0 Å². The summed E-state index contributed by atoms with van der Waals surface area (Å²) in [6.45, 7) is 1.86. The summed E-state index contributed by atoms with van der Waals surface area (Å²) < 4.78 is 27.0. The summed E-state index contributed by atoms with van der Waals surface area (Å²) in [5, 5.41) is 9.51. The topological polar surface area (TPSA) is 57.6 Å². The molecule has 0 amide bonds. The lowest BCUT2D eigenvalue weighted by molar-refractivity contribution is 0.149. The standard InChI is InChI=1S/C14H19NO3S/c1-10-2-6-13(7-3-10)19(17,18)15-12-5-4-11(8-12)14(15)9-16/h2-3,6-7,11-12,14,16H,4-5,8-9H2,1H3. The number of benzene rings is 1. The lowest BCUT2D eigenvalue weighted by Gasteiger charge is -2.33. The molecule has 0 aromatic heterocycles. The molecule has 1 aliphatic heterocycles. The Morgan fingerprint density at radius 2 is 1.95 bits per heavy atom. The van der Waals surface area contributed by atoms with Gasteiger partial charge in [-0.1, -0.05) is 17.7 Å². The number of piperidine rings is 1. The Labute approximate surface area is 114 Å². The zero-order valence-corrected chi connectivity index (χ0v) is 11.8. The molecule has 2 aliphatic rings. The number of aliphatic hydroxyl groups excluding tert-OH is 1. The van der Waals surface area contributed by atoms with Crippen molar-refractivity contribution in [3.8, 4) is 0 Å². The van der Waals surface area contributed by atoms with Crippen molar-refractivity contribution in [3.05, 3.63) is 29.8 Å². The second-order valence-corrected chi connectivity index (χ2v) is 7.47. The first-order valence-electron chi connectivity index (χ1n) is 6.75. The summed E-state index contributed by atoms with van der Waals surface area (Å²) >= 11 is 0. The van der Waals surface area contributed by atoms with E-state index < -0.39 is 10.0 Å². The van der Waals surface area contributed by atoms with Crippen LogP contribution in [0.5, 0.6) is 0 Å². The molecule has 1 saturated carbocycles. The van der Waals surface area contributed by atoms with Crippen LogP contribution in [0.2, 0.25) is 0 Å². The van der Waals surface area contributed by atoms with Crippen molar-refractivity contribution >= 4 is 10.0 Å². The number of rotatable bonds is 3. The number of fused-ring (bicyclic) bond motifs is 2. The molecule has 1 saturated heterocycles. The first-order valence-corrected chi connectivity index (χ1v) is 8.19. The molecule has 3 rings (SSSR count). The van der Waals surface area contributed by atoms with Crippen LogP contribution in [-0.4, -0.2) is 36.5 Å². The van der Waals surface area contributed by atoms with Crippen LogP contribution >= 0.6 is 0 Å². The fourth-order valence-corrected chi connectivity index (χ4v) is 5.39. The molecule has 1 aliphatic carbocycles. The van der Waals surface area contributed by atoms with Gasteiger partial charge in [0.05, 0.1) is 17.5 Å². The fraction of sp³-hybridized carbons (Fsp3) is 0.571. The van der Waals surface area contributed by atoms with Gasteiger partial charge < -0.3 is 5.11 Å². The van der Waals surface area contributed by atoms with Gasteiger partial charge in [-0.2, -0.15) is 4.31 Å². The Bertz CT molecular complexity index is 567. The Balaban J connectivity index is 1.98. The number of aliphatic hydroxyl groups is 1. The van der Waals surface area contributed by atoms with Crippen molar-refractivity contribution in [3.63, 3.8) is 0 Å². The van der Waals surface area contributed by atoms with Gasteiger partial charge in [0.25, 0.3) is 0 Å². The predicted octanol–water partition coefficient (Wildman–Crippen LogP) is 1.53. The molecule has 3 atom stereocenters. The van der Waals surface area contributed by atoms with Crippen LogP contribution < -0.4 is 0 Å². The zero-order chi connectivity index (χ0) is 13.6. The normalized spacial score (nSPS) is 30.9. The molecule has 1 heterocycles. The van der Waals surface area contributed by atoms with E-state index in [1.54, 1.807) is 16.4 Å². The van der Waals surface area contributed by atoms with Crippen molar-refractivity contribution in [2.45, 2.75) is 43.2 Å². The molecule has 4 nitrogen and oxygen atoms in total. The average molecular weight is 281 g/mol. The van der Waals surface area contributed by atoms with Gasteiger partial charge in [-0.05, 0) is 44.2 Å². The van der Waals surface area contributed by atoms with Crippen molar-refractivity contribution in [2.75, 3.05) is 6.61 Å². The number of aryl methyl sites for hydroxylation is 1. The fourth-order valence-electron chi connectivity index (χ4n) is 3.49. The molecule has 3 unspecified atom stereocenters. The monoisotopic (exact) mass is 281 g/mol. The van der Waals surface area contributed by atoms with Crippen molar-refractivity contribution in [1.29, 1.82) is 0 Å².